The monoisotopic (exact) mass is 871 g/mol. The molecule has 0 bridgehead atoms. The normalized spacial score (nSPS) is 10.8. The second kappa shape index (κ2) is 20.1. The highest BCUT2D eigenvalue weighted by molar-refractivity contribution is 6.27. The summed E-state index contributed by atoms with van der Waals surface area (Å²) in [5.74, 6) is 0. The van der Waals surface area contributed by atoms with Gasteiger partial charge in [0.05, 0.1) is 0 Å². The van der Waals surface area contributed by atoms with Crippen LogP contribution in [0.15, 0.2) is 213 Å². The van der Waals surface area contributed by atoms with Crippen LogP contribution < -0.4 is 14.7 Å². The Kier molecular flexibility index (Phi) is 13.7. The van der Waals surface area contributed by atoms with E-state index in [0.717, 1.165) is 51.2 Å². The predicted molar refractivity (Wildman–Crippen MR) is 294 cm³/mol. The van der Waals surface area contributed by atoms with Crippen LogP contribution in [0.1, 0.15) is 47.2 Å². The van der Waals surface area contributed by atoms with Crippen molar-refractivity contribution in [2.24, 2.45) is 0 Å². The molecule has 67 heavy (non-hydrogen) atoms. The molecular weight excluding hydrogens is 811 g/mol. The summed E-state index contributed by atoms with van der Waals surface area (Å²) in [4.78, 5) is 7.14. The fraction of sp³-hybridized carbons (Fsp3) is 0.125. The lowest BCUT2D eigenvalue weighted by molar-refractivity contribution is 1.27. The smallest absolute Gasteiger partial charge is 0.0468 e. The van der Waals surface area contributed by atoms with E-state index in [0.29, 0.717) is 0 Å². The van der Waals surface area contributed by atoms with Crippen molar-refractivity contribution in [3.05, 3.63) is 247 Å². The van der Waals surface area contributed by atoms with Gasteiger partial charge in [-0.25, -0.2) is 0 Å². The van der Waals surface area contributed by atoms with Crippen molar-refractivity contribution in [1.29, 1.82) is 0 Å². The Morgan fingerprint density at radius 1 is 0.209 bits per heavy atom. The van der Waals surface area contributed by atoms with Gasteiger partial charge in [-0.05, 0) is 183 Å². The van der Waals surface area contributed by atoms with E-state index < -0.39 is 0 Å². The maximum Gasteiger partial charge on any atom is 0.0468 e. The molecule has 0 heterocycles. The van der Waals surface area contributed by atoms with E-state index in [9.17, 15) is 0 Å². The lowest BCUT2D eigenvalue weighted by Gasteiger charge is -2.28. The predicted octanol–water partition coefficient (Wildman–Crippen LogP) is 19.2. The molecule has 10 aromatic rings. The van der Waals surface area contributed by atoms with Gasteiger partial charge in [-0.15, -0.1) is 13.2 Å². The average molecular weight is 872 g/mol. The molecule has 0 atom stereocenters. The molecule has 0 amide bonds. The summed E-state index contributed by atoms with van der Waals surface area (Å²) in [6, 6.07) is 74.2. The fourth-order valence-corrected chi connectivity index (χ4v) is 8.89. The lowest BCUT2D eigenvalue weighted by atomic mass is 9.92. The molecule has 0 saturated heterocycles. The Labute approximate surface area is 398 Å². The fourth-order valence-electron chi connectivity index (χ4n) is 8.89. The maximum absolute atomic E-state index is 3.00. The minimum Gasteiger partial charge on any atom is -0.310 e. The summed E-state index contributed by atoms with van der Waals surface area (Å²) in [5, 5.41) is 7.26. The Balaban J connectivity index is 0.00000148. The first-order chi connectivity index (χ1) is 32.7. The molecule has 0 radical (unpaired) electrons. The number of nitrogens with zero attached hydrogens (tertiary/aromatic N) is 3. The van der Waals surface area contributed by atoms with Gasteiger partial charge in [-0.3, -0.25) is 0 Å². The van der Waals surface area contributed by atoms with Gasteiger partial charge in [-0.1, -0.05) is 138 Å². The third-order valence-corrected chi connectivity index (χ3v) is 12.4. The van der Waals surface area contributed by atoms with Crippen molar-refractivity contribution < 1.29 is 0 Å². The van der Waals surface area contributed by atoms with Gasteiger partial charge in [0.2, 0.25) is 0 Å². The van der Waals surface area contributed by atoms with Gasteiger partial charge in [0, 0.05) is 51.2 Å². The van der Waals surface area contributed by atoms with Crippen molar-refractivity contribution >= 4 is 83.5 Å². The number of benzene rings is 10. The summed E-state index contributed by atoms with van der Waals surface area (Å²) < 4.78 is 0. The third kappa shape index (κ3) is 9.46. The molecule has 0 N–H and O–H groups in total. The average Bonchev–Trinajstić information content (AvgIpc) is 3.36. The van der Waals surface area contributed by atoms with E-state index in [1.807, 2.05) is 13.8 Å². The van der Waals surface area contributed by atoms with Gasteiger partial charge in [0.25, 0.3) is 0 Å². The number of rotatable bonds is 9. The van der Waals surface area contributed by atoms with Crippen LogP contribution in [0.4, 0.5) is 51.2 Å². The molecule has 0 saturated carbocycles. The summed E-state index contributed by atoms with van der Waals surface area (Å²) in [6.45, 7) is 22.9. The maximum atomic E-state index is 3.00. The van der Waals surface area contributed by atoms with Gasteiger partial charge >= 0.3 is 0 Å². The summed E-state index contributed by atoms with van der Waals surface area (Å²) in [7, 11) is 0. The van der Waals surface area contributed by atoms with Crippen LogP contribution in [-0.4, -0.2) is 0 Å². The van der Waals surface area contributed by atoms with Crippen LogP contribution in [0.2, 0.25) is 0 Å². The van der Waals surface area contributed by atoms with Gasteiger partial charge < -0.3 is 14.7 Å². The van der Waals surface area contributed by atoms with Crippen molar-refractivity contribution in [2.45, 2.75) is 55.4 Å². The van der Waals surface area contributed by atoms with Crippen LogP contribution in [0, 0.1) is 41.5 Å². The zero-order valence-electron chi connectivity index (χ0n) is 40.3. The molecule has 0 aliphatic heterocycles. The van der Waals surface area contributed by atoms with E-state index >= 15 is 0 Å². The number of hydrogen-bond donors (Lipinski definition) is 0. The number of fused-ring (bicyclic) bond motifs is 6. The van der Waals surface area contributed by atoms with Gasteiger partial charge in [-0.2, -0.15) is 0 Å². The van der Waals surface area contributed by atoms with Crippen molar-refractivity contribution in [1.82, 2.24) is 0 Å². The molecule has 10 aromatic carbocycles. The van der Waals surface area contributed by atoms with Gasteiger partial charge in [0.1, 0.15) is 0 Å². The molecule has 10 rings (SSSR count). The van der Waals surface area contributed by atoms with Crippen molar-refractivity contribution in [3.63, 3.8) is 0 Å². The first kappa shape index (κ1) is 45.7. The van der Waals surface area contributed by atoms with Crippen LogP contribution in [0.5, 0.6) is 0 Å². The molecule has 3 heteroatoms. The van der Waals surface area contributed by atoms with Crippen LogP contribution in [0.25, 0.3) is 32.3 Å². The number of aryl methyl sites for hydroxylation is 6. The van der Waals surface area contributed by atoms with Crippen LogP contribution in [-0.2, 0) is 0 Å². The second-order valence-corrected chi connectivity index (χ2v) is 17.2. The highest BCUT2D eigenvalue weighted by Crippen LogP contribution is 2.46. The largest absolute Gasteiger partial charge is 0.310 e. The molecule has 0 aliphatic rings. The van der Waals surface area contributed by atoms with E-state index in [4.69, 9.17) is 0 Å². The van der Waals surface area contributed by atoms with Crippen LogP contribution >= 0.6 is 0 Å². The SMILES string of the molecule is C=C.CC.Cc1ccc(N(c2ccc(C)cc2)c2ccc3c(c2)c2ccc(N(c4ccc(C)cc4)c4ccc(C)cc4)cc2c2ccc(N(c4ccc(C)cc4)c4ccc(C)cc4)cc32)cc1. The van der Waals surface area contributed by atoms with E-state index in [-0.39, 0.29) is 0 Å². The summed E-state index contributed by atoms with van der Waals surface area (Å²) in [5.41, 5.74) is 17.5. The molecule has 332 valence electrons. The van der Waals surface area contributed by atoms with Gasteiger partial charge in [0.15, 0.2) is 0 Å². The third-order valence-electron chi connectivity index (χ3n) is 12.4. The zero-order valence-corrected chi connectivity index (χ0v) is 40.3. The van der Waals surface area contributed by atoms with Crippen molar-refractivity contribution in [2.75, 3.05) is 14.7 Å². The number of hydrogen-bond acceptors (Lipinski definition) is 3. The number of anilines is 9. The molecule has 0 fully saturated rings. The highest BCUT2D eigenvalue weighted by atomic mass is 15.2. The van der Waals surface area contributed by atoms with E-state index in [1.165, 1.54) is 65.7 Å². The first-order valence-corrected chi connectivity index (χ1v) is 23.4. The molecule has 0 aromatic heterocycles. The van der Waals surface area contributed by atoms with Crippen molar-refractivity contribution in [3.8, 4) is 0 Å². The lowest BCUT2D eigenvalue weighted by Crippen LogP contribution is -2.11. The summed E-state index contributed by atoms with van der Waals surface area (Å²) >= 11 is 0. The molecule has 0 unspecified atom stereocenters. The zero-order chi connectivity index (χ0) is 47.2. The second-order valence-electron chi connectivity index (χ2n) is 17.2. The Morgan fingerprint density at radius 2 is 0.358 bits per heavy atom. The molecule has 0 spiro atoms. The highest BCUT2D eigenvalue weighted by Gasteiger charge is 2.20. The first-order valence-electron chi connectivity index (χ1n) is 23.4. The molecule has 0 aliphatic carbocycles. The minimum atomic E-state index is 1.11. The standard InChI is InChI=1S/C60H51N3.C2H6.C2H4/c1-40-7-19-46(20-8-40)61(47-21-9-41(2)10-22-47)52-31-34-55-58(37-52)56-35-32-53(62(48-23-11-42(3)12-24-48)49-25-13-43(4)14-26-49)39-60(56)57-36-33-54(38-59(55)57)63(50-27-15-44(5)16-28-50)51-29-17-45(6)18-30-51;2*1-2/h7-39H,1-6H3;1-2H3;1-2H2. The Bertz CT molecular complexity index is 2740. The topological polar surface area (TPSA) is 9.72 Å². The quantitative estimate of drug-likeness (QED) is 0.106. The summed E-state index contributed by atoms with van der Waals surface area (Å²) in [6.07, 6.45) is 0. The van der Waals surface area contributed by atoms with Crippen LogP contribution in [0.3, 0.4) is 0 Å². The minimum absolute atomic E-state index is 1.11. The van der Waals surface area contributed by atoms with E-state index in [1.54, 1.807) is 0 Å². The molecule has 3 nitrogen and oxygen atoms in total. The van der Waals surface area contributed by atoms with E-state index in [2.05, 4.69) is 270 Å². The molecular formula is C64H61N3. The Morgan fingerprint density at radius 3 is 0.522 bits per heavy atom. The Hall–Kier alpha value is -7.88.